The van der Waals surface area contributed by atoms with Crippen LogP contribution in [-0.4, -0.2) is 11.1 Å². The molecule has 0 aliphatic carbocycles. The Bertz CT molecular complexity index is 354. The van der Waals surface area contributed by atoms with E-state index in [0.29, 0.717) is 12.8 Å². The van der Waals surface area contributed by atoms with E-state index in [1.807, 2.05) is 0 Å². The molecular weight excluding hydrogens is 195 g/mol. The van der Waals surface area contributed by atoms with Crippen molar-refractivity contribution in [2.75, 3.05) is 0 Å². The Morgan fingerprint density at radius 3 is 2.40 bits per heavy atom. The molecule has 0 aliphatic rings. The molecule has 0 radical (unpaired) electrons. The summed E-state index contributed by atoms with van der Waals surface area (Å²) in [5, 5.41) is 8.47. The zero-order chi connectivity index (χ0) is 11.3. The first-order chi connectivity index (χ1) is 7.08. The average molecular weight is 208 g/mol. The van der Waals surface area contributed by atoms with E-state index in [2.05, 4.69) is 6.58 Å². The quantitative estimate of drug-likeness (QED) is 0.755. The Morgan fingerprint density at radius 2 is 1.87 bits per heavy atom. The van der Waals surface area contributed by atoms with Crippen LogP contribution in [0.3, 0.4) is 0 Å². The van der Waals surface area contributed by atoms with Crippen molar-refractivity contribution in [1.29, 1.82) is 0 Å². The molecule has 1 aromatic rings. The van der Waals surface area contributed by atoms with Gasteiger partial charge in [0.05, 0.1) is 0 Å². The van der Waals surface area contributed by atoms with Crippen LogP contribution in [0.25, 0.3) is 0 Å². The molecule has 0 fully saturated rings. The van der Waals surface area contributed by atoms with Crippen molar-refractivity contribution in [2.45, 2.75) is 19.3 Å². The number of carbonyl (C=O) groups is 1. The van der Waals surface area contributed by atoms with Gasteiger partial charge in [0, 0.05) is 6.42 Å². The van der Waals surface area contributed by atoms with Gasteiger partial charge in [-0.3, -0.25) is 4.79 Å². The lowest BCUT2D eigenvalue weighted by Crippen LogP contribution is -1.97. The zero-order valence-electron chi connectivity index (χ0n) is 8.37. The Hall–Kier alpha value is -1.64. The third-order valence-corrected chi connectivity index (χ3v) is 2.06. The summed E-state index contributed by atoms with van der Waals surface area (Å²) < 4.78 is 12.6. The summed E-state index contributed by atoms with van der Waals surface area (Å²) in [4.78, 5) is 10.3. The number of carboxylic acids is 1. The summed E-state index contributed by atoms with van der Waals surface area (Å²) in [5.74, 6) is -1.09. The molecule has 0 saturated heterocycles. The average Bonchev–Trinajstić information content (AvgIpc) is 2.19. The van der Waals surface area contributed by atoms with Crippen LogP contribution in [0.1, 0.15) is 18.4 Å². The number of hydrogen-bond donors (Lipinski definition) is 1. The predicted octanol–water partition coefficient (Wildman–Crippen LogP) is 2.79. The Labute approximate surface area is 88.1 Å². The van der Waals surface area contributed by atoms with Gasteiger partial charge in [-0.2, -0.15) is 0 Å². The number of benzene rings is 1. The second-order valence-electron chi connectivity index (χ2n) is 3.45. The molecular formula is C12H13FO2. The summed E-state index contributed by atoms with van der Waals surface area (Å²) in [6.07, 6.45) is 1.17. The van der Waals surface area contributed by atoms with Crippen molar-refractivity contribution in [3.8, 4) is 0 Å². The van der Waals surface area contributed by atoms with Gasteiger partial charge >= 0.3 is 5.97 Å². The Morgan fingerprint density at radius 1 is 1.27 bits per heavy atom. The predicted molar refractivity (Wildman–Crippen MR) is 56.1 cm³/mol. The molecule has 0 heterocycles. The minimum Gasteiger partial charge on any atom is -0.481 e. The minimum atomic E-state index is -0.824. The van der Waals surface area contributed by atoms with Gasteiger partial charge in [-0.25, -0.2) is 4.39 Å². The standard InChI is InChI=1S/C12H13FO2/c1-9(2-7-12(14)15)8-10-3-5-11(13)6-4-10/h3-6H,1-2,7-8H2,(H,14,15). The highest BCUT2D eigenvalue weighted by Crippen LogP contribution is 2.12. The third-order valence-electron chi connectivity index (χ3n) is 2.06. The molecule has 0 unspecified atom stereocenters. The van der Waals surface area contributed by atoms with Gasteiger partial charge in [-0.15, -0.1) is 0 Å². The molecule has 0 atom stereocenters. The highest BCUT2D eigenvalue weighted by atomic mass is 19.1. The first-order valence-corrected chi connectivity index (χ1v) is 4.71. The smallest absolute Gasteiger partial charge is 0.303 e. The molecule has 1 rings (SSSR count). The largest absolute Gasteiger partial charge is 0.481 e. The van der Waals surface area contributed by atoms with Gasteiger partial charge < -0.3 is 5.11 Å². The Kier molecular flexibility index (Phi) is 4.03. The minimum absolute atomic E-state index is 0.0973. The maximum Gasteiger partial charge on any atom is 0.303 e. The maximum atomic E-state index is 12.6. The maximum absolute atomic E-state index is 12.6. The van der Waals surface area contributed by atoms with Crippen molar-refractivity contribution < 1.29 is 14.3 Å². The summed E-state index contributed by atoms with van der Waals surface area (Å²) in [7, 11) is 0. The van der Waals surface area contributed by atoms with E-state index in [1.54, 1.807) is 12.1 Å². The highest BCUT2D eigenvalue weighted by Gasteiger charge is 2.01. The molecule has 0 aliphatic heterocycles. The van der Waals surface area contributed by atoms with Crippen LogP contribution in [0.5, 0.6) is 0 Å². The van der Waals surface area contributed by atoms with Gasteiger partial charge in [0.2, 0.25) is 0 Å². The monoisotopic (exact) mass is 208 g/mol. The molecule has 0 bridgehead atoms. The number of halogens is 1. The van der Waals surface area contributed by atoms with Gasteiger partial charge in [0.1, 0.15) is 5.82 Å². The van der Waals surface area contributed by atoms with Crippen LogP contribution in [0.15, 0.2) is 36.4 Å². The van der Waals surface area contributed by atoms with Gasteiger partial charge in [-0.1, -0.05) is 24.3 Å². The first kappa shape index (κ1) is 11.4. The zero-order valence-corrected chi connectivity index (χ0v) is 8.37. The van der Waals surface area contributed by atoms with E-state index in [9.17, 15) is 9.18 Å². The SMILES string of the molecule is C=C(CCC(=O)O)Cc1ccc(F)cc1. The molecule has 0 spiro atoms. The number of allylic oxidation sites excluding steroid dienone is 1. The number of hydrogen-bond acceptors (Lipinski definition) is 1. The molecule has 0 saturated carbocycles. The highest BCUT2D eigenvalue weighted by molar-refractivity contribution is 5.67. The van der Waals surface area contributed by atoms with Crippen LogP contribution in [0.4, 0.5) is 4.39 Å². The van der Waals surface area contributed by atoms with Crippen LogP contribution in [0.2, 0.25) is 0 Å². The van der Waals surface area contributed by atoms with E-state index in [0.717, 1.165) is 11.1 Å². The lowest BCUT2D eigenvalue weighted by molar-refractivity contribution is -0.136. The number of aliphatic carboxylic acids is 1. The van der Waals surface area contributed by atoms with Crippen LogP contribution >= 0.6 is 0 Å². The van der Waals surface area contributed by atoms with Gasteiger partial charge in [0.25, 0.3) is 0 Å². The van der Waals surface area contributed by atoms with E-state index in [4.69, 9.17) is 5.11 Å². The fourth-order valence-electron chi connectivity index (χ4n) is 1.26. The summed E-state index contributed by atoms with van der Waals surface area (Å²) >= 11 is 0. The van der Waals surface area contributed by atoms with E-state index >= 15 is 0 Å². The van der Waals surface area contributed by atoms with Crippen molar-refractivity contribution in [3.63, 3.8) is 0 Å². The van der Waals surface area contributed by atoms with Gasteiger partial charge in [0.15, 0.2) is 0 Å². The van der Waals surface area contributed by atoms with Crippen molar-refractivity contribution >= 4 is 5.97 Å². The molecule has 3 heteroatoms. The van der Waals surface area contributed by atoms with Crippen molar-refractivity contribution in [3.05, 3.63) is 47.8 Å². The Balaban J connectivity index is 2.44. The van der Waals surface area contributed by atoms with E-state index in [1.165, 1.54) is 12.1 Å². The molecule has 0 aromatic heterocycles. The number of carboxylic acid groups (broad SMARTS) is 1. The van der Waals surface area contributed by atoms with Crippen LogP contribution in [0, 0.1) is 5.82 Å². The second kappa shape index (κ2) is 5.29. The fourth-order valence-corrected chi connectivity index (χ4v) is 1.26. The molecule has 2 nitrogen and oxygen atoms in total. The molecule has 1 N–H and O–H groups in total. The van der Waals surface area contributed by atoms with Crippen LogP contribution in [-0.2, 0) is 11.2 Å². The molecule has 1 aromatic carbocycles. The molecule has 80 valence electrons. The fraction of sp³-hybridized carbons (Fsp3) is 0.250. The van der Waals surface area contributed by atoms with E-state index in [-0.39, 0.29) is 12.2 Å². The second-order valence-corrected chi connectivity index (χ2v) is 3.45. The molecule has 15 heavy (non-hydrogen) atoms. The summed E-state index contributed by atoms with van der Waals surface area (Å²) in [6, 6.07) is 6.14. The van der Waals surface area contributed by atoms with Crippen molar-refractivity contribution in [2.24, 2.45) is 0 Å². The van der Waals surface area contributed by atoms with Crippen LogP contribution < -0.4 is 0 Å². The number of rotatable bonds is 5. The lowest BCUT2D eigenvalue weighted by atomic mass is 10.0. The first-order valence-electron chi connectivity index (χ1n) is 4.71. The third kappa shape index (κ3) is 4.40. The summed E-state index contributed by atoms with van der Waals surface area (Å²) in [5.41, 5.74) is 1.80. The summed E-state index contributed by atoms with van der Waals surface area (Å²) in [6.45, 7) is 3.79. The topological polar surface area (TPSA) is 37.3 Å². The normalized spacial score (nSPS) is 9.93. The van der Waals surface area contributed by atoms with Crippen molar-refractivity contribution in [1.82, 2.24) is 0 Å². The lowest BCUT2D eigenvalue weighted by Gasteiger charge is -2.03. The van der Waals surface area contributed by atoms with E-state index < -0.39 is 5.97 Å². The van der Waals surface area contributed by atoms with Gasteiger partial charge in [-0.05, 0) is 30.5 Å². The molecule has 0 amide bonds.